The maximum atomic E-state index is 13.8. The molecule has 0 amide bonds. The molecule has 3 aromatic rings. The SMILES string of the molecule is N#Cc1c(-c2ccccc2)cc2c(c1N)C(C(F)(F)F)Oc1ccc([N+](=O)[O-])cc1-2. The highest BCUT2D eigenvalue weighted by atomic mass is 19.4. The zero-order valence-corrected chi connectivity index (χ0v) is 15.1. The molecule has 6 nitrogen and oxygen atoms in total. The van der Waals surface area contributed by atoms with Gasteiger partial charge in [-0.25, -0.2) is 0 Å². The van der Waals surface area contributed by atoms with Gasteiger partial charge in [-0.1, -0.05) is 30.3 Å². The number of nitro groups is 1. The van der Waals surface area contributed by atoms with Crippen LogP contribution in [0.15, 0.2) is 54.6 Å². The first-order valence-electron chi connectivity index (χ1n) is 8.66. The van der Waals surface area contributed by atoms with Crippen molar-refractivity contribution in [2.45, 2.75) is 12.3 Å². The summed E-state index contributed by atoms with van der Waals surface area (Å²) in [7, 11) is 0. The van der Waals surface area contributed by atoms with Gasteiger partial charge in [-0.3, -0.25) is 10.1 Å². The van der Waals surface area contributed by atoms with E-state index in [4.69, 9.17) is 10.5 Å². The van der Waals surface area contributed by atoms with Crippen LogP contribution in [0, 0.1) is 21.4 Å². The summed E-state index contributed by atoms with van der Waals surface area (Å²) in [5.74, 6) is -0.154. The molecule has 0 radical (unpaired) electrons. The van der Waals surface area contributed by atoms with E-state index < -0.39 is 22.8 Å². The van der Waals surface area contributed by atoms with Crippen molar-refractivity contribution >= 4 is 11.4 Å². The van der Waals surface area contributed by atoms with E-state index in [2.05, 4.69) is 0 Å². The molecule has 3 aromatic carbocycles. The van der Waals surface area contributed by atoms with Crippen LogP contribution in [-0.4, -0.2) is 11.1 Å². The Kier molecular flexibility index (Phi) is 4.35. The quantitative estimate of drug-likeness (QED) is 0.347. The fraction of sp³-hybridized carbons (Fsp3) is 0.0952. The van der Waals surface area contributed by atoms with Crippen LogP contribution in [-0.2, 0) is 0 Å². The van der Waals surface area contributed by atoms with Crippen molar-refractivity contribution in [1.82, 2.24) is 0 Å². The number of ether oxygens (including phenoxy) is 1. The van der Waals surface area contributed by atoms with Crippen molar-refractivity contribution in [2.24, 2.45) is 0 Å². The Morgan fingerprint density at radius 2 is 1.77 bits per heavy atom. The second-order valence-corrected chi connectivity index (χ2v) is 6.63. The van der Waals surface area contributed by atoms with E-state index in [0.717, 1.165) is 18.2 Å². The Bertz CT molecular complexity index is 1220. The molecule has 9 heteroatoms. The fourth-order valence-electron chi connectivity index (χ4n) is 3.55. The fourth-order valence-corrected chi connectivity index (χ4v) is 3.55. The minimum absolute atomic E-state index is 0.0395. The molecule has 1 atom stereocenters. The molecule has 1 unspecified atom stereocenters. The van der Waals surface area contributed by atoms with Gasteiger partial charge in [0.15, 0.2) is 0 Å². The summed E-state index contributed by atoms with van der Waals surface area (Å²) in [6, 6.07) is 15.2. The van der Waals surface area contributed by atoms with Crippen LogP contribution >= 0.6 is 0 Å². The molecule has 4 rings (SSSR count). The van der Waals surface area contributed by atoms with Crippen molar-refractivity contribution in [3.8, 4) is 34.1 Å². The minimum atomic E-state index is -4.82. The van der Waals surface area contributed by atoms with Gasteiger partial charge in [0.2, 0.25) is 6.10 Å². The number of non-ortho nitro benzene ring substituents is 1. The first-order valence-corrected chi connectivity index (χ1v) is 8.66. The number of halogens is 3. The summed E-state index contributed by atoms with van der Waals surface area (Å²) < 4.78 is 46.5. The molecule has 1 aliphatic rings. The third kappa shape index (κ3) is 2.99. The van der Waals surface area contributed by atoms with Crippen LogP contribution in [0.2, 0.25) is 0 Å². The summed E-state index contributed by atoms with van der Waals surface area (Å²) >= 11 is 0. The van der Waals surface area contributed by atoms with Gasteiger partial charge >= 0.3 is 6.18 Å². The Morgan fingerprint density at radius 1 is 1.07 bits per heavy atom. The normalized spacial score (nSPS) is 14.8. The van der Waals surface area contributed by atoms with E-state index in [-0.39, 0.29) is 33.8 Å². The highest BCUT2D eigenvalue weighted by Crippen LogP contribution is 2.53. The van der Waals surface area contributed by atoms with Crippen LogP contribution in [0.5, 0.6) is 5.75 Å². The van der Waals surface area contributed by atoms with Gasteiger partial charge in [0.1, 0.15) is 11.8 Å². The number of nitrogen functional groups attached to an aromatic ring is 1. The third-order valence-corrected chi connectivity index (χ3v) is 4.87. The standard InChI is InChI=1S/C21H12F3N3O3/c22-21(23,24)20-18-15(14-8-12(27(28)29)6-7-17(14)30-20)9-13(16(10-25)19(18)26)11-4-2-1-3-5-11/h1-9,20H,26H2. The van der Waals surface area contributed by atoms with Crippen molar-refractivity contribution < 1.29 is 22.8 Å². The highest BCUT2D eigenvalue weighted by molar-refractivity contribution is 5.90. The summed E-state index contributed by atoms with van der Waals surface area (Å²) in [5, 5.41) is 20.8. The van der Waals surface area contributed by atoms with Crippen molar-refractivity contribution in [3.63, 3.8) is 0 Å². The molecule has 1 aliphatic heterocycles. The molecule has 0 aliphatic carbocycles. The molecule has 0 fully saturated rings. The lowest BCUT2D eigenvalue weighted by Crippen LogP contribution is -2.30. The summed E-state index contributed by atoms with van der Waals surface area (Å²) in [5.41, 5.74) is 5.89. The first-order chi connectivity index (χ1) is 14.2. The number of hydrogen-bond donors (Lipinski definition) is 1. The average molecular weight is 411 g/mol. The summed E-state index contributed by atoms with van der Waals surface area (Å²) in [6.45, 7) is 0. The number of benzene rings is 3. The van der Waals surface area contributed by atoms with Crippen molar-refractivity contribution in [3.05, 3.63) is 75.8 Å². The lowest BCUT2D eigenvalue weighted by molar-refractivity contribution is -0.384. The van der Waals surface area contributed by atoms with Crippen LogP contribution in [0.1, 0.15) is 17.2 Å². The van der Waals surface area contributed by atoms with E-state index in [1.807, 2.05) is 6.07 Å². The molecule has 0 bridgehead atoms. The van der Waals surface area contributed by atoms with Crippen molar-refractivity contribution in [2.75, 3.05) is 5.73 Å². The number of hydrogen-bond acceptors (Lipinski definition) is 5. The number of nitrogens with zero attached hydrogens (tertiary/aromatic N) is 2. The zero-order valence-electron chi connectivity index (χ0n) is 15.1. The van der Waals surface area contributed by atoms with E-state index in [1.165, 1.54) is 6.07 Å². The van der Waals surface area contributed by atoms with Gasteiger partial charge in [0, 0.05) is 28.8 Å². The smallest absolute Gasteiger partial charge is 0.429 e. The topological polar surface area (TPSA) is 102 Å². The number of fused-ring (bicyclic) bond motifs is 3. The number of anilines is 1. The molecule has 30 heavy (non-hydrogen) atoms. The number of rotatable bonds is 2. The summed E-state index contributed by atoms with van der Waals surface area (Å²) in [6.07, 6.45) is -7.22. The molecule has 0 aromatic heterocycles. The van der Waals surface area contributed by atoms with E-state index in [0.29, 0.717) is 11.1 Å². The Balaban J connectivity index is 2.10. The molecule has 0 saturated carbocycles. The van der Waals surface area contributed by atoms with Gasteiger partial charge in [0.05, 0.1) is 16.2 Å². The lowest BCUT2D eigenvalue weighted by atomic mass is 9.85. The zero-order chi connectivity index (χ0) is 21.6. The van der Waals surface area contributed by atoms with Crippen LogP contribution in [0.4, 0.5) is 24.5 Å². The Morgan fingerprint density at radius 3 is 2.37 bits per heavy atom. The number of nitro benzene ring substituents is 1. The summed E-state index contributed by atoms with van der Waals surface area (Å²) in [4.78, 5) is 10.5. The van der Waals surface area contributed by atoms with E-state index in [9.17, 15) is 28.5 Å². The van der Waals surface area contributed by atoms with Gasteiger partial charge in [-0.05, 0) is 23.3 Å². The molecule has 0 saturated heterocycles. The molecular weight excluding hydrogens is 399 g/mol. The second kappa shape index (κ2) is 6.77. The molecule has 2 N–H and O–H groups in total. The monoisotopic (exact) mass is 411 g/mol. The third-order valence-electron chi connectivity index (χ3n) is 4.87. The number of nitrogens with two attached hydrogens (primary N) is 1. The lowest BCUT2D eigenvalue weighted by Gasteiger charge is -2.32. The average Bonchev–Trinajstić information content (AvgIpc) is 2.72. The molecule has 150 valence electrons. The molecule has 1 heterocycles. The number of alkyl halides is 3. The van der Waals surface area contributed by atoms with E-state index in [1.54, 1.807) is 30.3 Å². The maximum Gasteiger partial charge on any atom is 0.429 e. The largest absolute Gasteiger partial charge is 0.475 e. The first kappa shape index (κ1) is 19.3. The predicted octanol–water partition coefficient (Wildman–Crippen LogP) is 5.38. The Labute approximate surface area is 168 Å². The molecular formula is C21H12F3N3O3. The maximum absolute atomic E-state index is 13.8. The van der Waals surface area contributed by atoms with Crippen LogP contribution in [0.3, 0.4) is 0 Å². The van der Waals surface area contributed by atoms with Gasteiger partial charge < -0.3 is 10.5 Å². The Hall–Kier alpha value is -4.06. The number of nitriles is 1. The molecule has 0 spiro atoms. The van der Waals surface area contributed by atoms with Crippen LogP contribution in [0.25, 0.3) is 22.3 Å². The van der Waals surface area contributed by atoms with Gasteiger partial charge in [0.25, 0.3) is 5.69 Å². The minimum Gasteiger partial charge on any atom is -0.475 e. The van der Waals surface area contributed by atoms with Gasteiger partial charge in [-0.15, -0.1) is 0 Å². The van der Waals surface area contributed by atoms with E-state index >= 15 is 0 Å². The van der Waals surface area contributed by atoms with Crippen LogP contribution < -0.4 is 10.5 Å². The van der Waals surface area contributed by atoms with Gasteiger partial charge in [-0.2, -0.15) is 18.4 Å². The highest BCUT2D eigenvalue weighted by Gasteiger charge is 2.48. The predicted molar refractivity (Wildman–Crippen MR) is 103 cm³/mol. The van der Waals surface area contributed by atoms with Crippen molar-refractivity contribution in [1.29, 1.82) is 5.26 Å². The second-order valence-electron chi connectivity index (χ2n) is 6.63.